The van der Waals surface area contributed by atoms with Gasteiger partial charge in [-0.15, -0.1) is 0 Å². The van der Waals surface area contributed by atoms with Crippen LogP contribution in [0.4, 0.5) is 0 Å². The predicted octanol–water partition coefficient (Wildman–Crippen LogP) is 2.86. The fourth-order valence-corrected chi connectivity index (χ4v) is 1.35. The van der Waals surface area contributed by atoms with Gasteiger partial charge in [0.05, 0.1) is 12.0 Å². The molecular formula is C11H10ClN2. The molecule has 1 aromatic carbocycles. The Morgan fingerprint density at radius 2 is 2.07 bits per heavy atom. The van der Waals surface area contributed by atoms with E-state index in [0.29, 0.717) is 0 Å². The molecule has 0 saturated carbocycles. The van der Waals surface area contributed by atoms with Crippen molar-refractivity contribution in [2.24, 2.45) is 0 Å². The van der Waals surface area contributed by atoms with Gasteiger partial charge in [-0.3, -0.25) is 0 Å². The molecule has 2 aromatic rings. The van der Waals surface area contributed by atoms with Gasteiger partial charge < -0.3 is 4.98 Å². The van der Waals surface area contributed by atoms with Crippen molar-refractivity contribution in [3.05, 3.63) is 59.5 Å². The zero-order valence-electron chi connectivity index (χ0n) is 7.57. The second-order valence-corrected chi connectivity index (χ2v) is 3.47. The molecule has 14 heavy (non-hydrogen) atoms. The summed E-state index contributed by atoms with van der Waals surface area (Å²) in [5.41, 5.74) is 2.21. The molecule has 71 valence electrons. The van der Waals surface area contributed by atoms with Crippen molar-refractivity contribution in [3.8, 4) is 0 Å². The van der Waals surface area contributed by atoms with E-state index in [1.807, 2.05) is 30.5 Å². The lowest BCUT2D eigenvalue weighted by Crippen LogP contribution is -1.87. The zero-order chi connectivity index (χ0) is 9.80. The summed E-state index contributed by atoms with van der Waals surface area (Å²) in [5, 5.41) is 0.772. The first kappa shape index (κ1) is 9.28. The Kier molecular flexibility index (Phi) is 2.84. The quantitative estimate of drug-likeness (QED) is 0.820. The first-order chi connectivity index (χ1) is 6.84. The number of imidazole rings is 1. The molecule has 3 heteroatoms. The minimum absolute atomic E-state index is 0.772. The molecule has 0 atom stereocenters. The van der Waals surface area contributed by atoms with Gasteiger partial charge in [-0.25, -0.2) is 4.98 Å². The van der Waals surface area contributed by atoms with Crippen LogP contribution in [0.1, 0.15) is 11.3 Å². The summed E-state index contributed by atoms with van der Waals surface area (Å²) in [6.45, 7) is 0. The number of nitrogens with zero attached hydrogens (tertiary/aromatic N) is 1. The fraction of sp³-hybridized carbons (Fsp3) is 0.0909. The predicted molar refractivity (Wildman–Crippen MR) is 57.1 cm³/mol. The van der Waals surface area contributed by atoms with E-state index in [2.05, 4.69) is 16.4 Å². The summed E-state index contributed by atoms with van der Waals surface area (Å²) in [7, 11) is 0. The monoisotopic (exact) mass is 205 g/mol. The van der Waals surface area contributed by atoms with Crippen molar-refractivity contribution in [2.75, 3.05) is 0 Å². The molecule has 0 bridgehead atoms. The number of nitrogens with one attached hydrogen (secondary N) is 1. The smallest absolute Gasteiger partial charge is 0.0923 e. The van der Waals surface area contributed by atoms with Crippen LogP contribution in [-0.4, -0.2) is 9.97 Å². The summed E-state index contributed by atoms with van der Waals surface area (Å²) in [6, 6.07) is 7.83. The highest BCUT2D eigenvalue weighted by Gasteiger charge is 1.97. The van der Waals surface area contributed by atoms with E-state index in [1.165, 1.54) is 5.56 Å². The van der Waals surface area contributed by atoms with E-state index in [-0.39, 0.29) is 0 Å². The molecule has 1 heterocycles. The number of hydrogen-bond donors (Lipinski definition) is 1. The third-order valence-electron chi connectivity index (χ3n) is 1.98. The van der Waals surface area contributed by atoms with Crippen LogP contribution in [0.15, 0.2) is 36.8 Å². The average molecular weight is 206 g/mol. The minimum atomic E-state index is 0.772. The normalized spacial score (nSPS) is 10.4. The van der Waals surface area contributed by atoms with Gasteiger partial charge in [0, 0.05) is 17.6 Å². The summed E-state index contributed by atoms with van der Waals surface area (Å²) in [5.74, 6) is 0. The number of benzene rings is 1. The fourth-order valence-electron chi connectivity index (χ4n) is 1.23. The Morgan fingerprint density at radius 3 is 2.71 bits per heavy atom. The maximum atomic E-state index is 5.78. The van der Waals surface area contributed by atoms with Gasteiger partial charge in [-0.2, -0.15) is 0 Å². The lowest BCUT2D eigenvalue weighted by Gasteiger charge is -1.98. The van der Waals surface area contributed by atoms with E-state index in [1.54, 1.807) is 6.33 Å². The van der Waals surface area contributed by atoms with Gasteiger partial charge in [-0.1, -0.05) is 23.7 Å². The molecule has 2 nitrogen and oxygen atoms in total. The maximum Gasteiger partial charge on any atom is 0.0923 e. The molecule has 0 unspecified atom stereocenters. The topological polar surface area (TPSA) is 28.7 Å². The molecule has 0 aliphatic rings. The van der Waals surface area contributed by atoms with E-state index in [0.717, 1.165) is 17.1 Å². The van der Waals surface area contributed by atoms with Crippen LogP contribution in [-0.2, 0) is 6.42 Å². The van der Waals surface area contributed by atoms with E-state index >= 15 is 0 Å². The average Bonchev–Trinajstić information content (AvgIpc) is 2.70. The number of rotatable bonds is 3. The van der Waals surface area contributed by atoms with Gasteiger partial charge >= 0.3 is 0 Å². The Morgan fingerprint density at radius 1 is 1.29 bits per heavy atom. The third kappa shape index (κ3) is 2.36. The van der Waals surface area contributed by atoms with Crippen molar-refractivity contribution in [3.63, 3.8) is 0 Å². The van der Waals surface area contributed by atoms with Gasteiger partial charge in [-0.05, 0) is 24.1 Å². The molecule has 1 radical (unpaired) electrons. The lowest BCUT2D eigenvalue weighted by atomic mass is 10.1. The Balaban J connectivity index is 1.95. The number of hydrogen-bond acceptors (Lipinski definition) is 1. The summed E-state index contributed by atoms with van der Waals surface area (Å²) >= 11 is 5.78. The first-order valence-corrected chi connectivity index (χ1v) is 4.79. The Labute approximate surface area is 88.0 Å². The second-order valence-electron chi connectivity index (χ2n) is 3.03. The van der Waals surface area contributed by atoms with Crippen LogP contribution >= 0.6 is 11.6 Å². The second kappa shape index (κ2) is 4.29. The number of aromatic amines is 1. The van der Waals surface area contributed by atoms with Crippen LogP contribution in [0, 0.1) is 6.42 Å². The van der Waals surface area contributed by atoms with Crippen molar-refractivity contribution in [1.29, 1.82) is 0 Å². The molecule has 1 N–H and O–H groups in total. The number of aromatic nitrogens is 2. The maximum absolute atomic E-state index is 5.78. The highest BCUT2D eigenvalue weighted by atomic mass is 35.5. The Bertz CT molecular complexity index is 378. The van der Waals surface area contributed by atoms with Gasteiger partial charge in [0.1, 0.15) is 0 Å². The first-order valence-electron chi connectivity index (χ1n) is 4.41. The highest BCUT2D eigenvalue weighted by Crippen LogP contribution is 2.11. The minimum Gasteiger partial charge on any atom is -0.351 e. The van der Waals surface area contributed by atoms with E-state index < -0.39 is 0 Å². The summed E-state index contributed by atoms with van der Waals surface area (Å²) in [4.78, 5) is 7.02. The van der Waals surface area contributed by atoms with Gasteiger partial charge in [0.15, 0.2) is 0 Å². The van der Waals surface area contributed by atoms with Crippen LogP contribution in [0.5, 0.6) is 0 Å². The van der Waals surface area contributed by atoms with E-state index in [4.69, 9.17) is 11.6 Å². The third-order valence-corrected chi connectivity index (χ3v) is 2.23. The molecule has 0 aliphatic carbocycles. The van der Waals surface area contributed by atoms with Crippen molar-refractivity contribution >= 4 is 11.6 Å². The molecule has 0 saturated heterocycles. The number of H-pyrrole nitrogens is 1. The van der Waals surface area contributed by atoms with Crippen LogP contribution in [0.2, 0.25) is 5.02 Å². The van der Waals surface area contributed by atoms with Gasteiger partial charge in [0.25, 0.3) is 0 Å². The Hall–Kier alpha value is -1.28. The molecule has 0 fully saturated rings. The van der Waals surface area contributed by atoms with Crippen LogP contribution in [0.3, 0.4) is 0 Å². The van der Waals surface area contributed by atoms with Crippen molar-refractivity contribution in [1.82, 2.24) is 9.97 Å². The number of halogens is 1. The SMILES string of the molecule is Clc1ccc(C[CH]c2c[nH]cn2)cc1. The zero-order valence-corrected chi connectivity index (χ0v) is 8.33. The standard InChI is InChI=1S/C11H10ClN2/c12-10-4-1-9(2-5-10)3-6-11-7-13-8-14-11/h1-2,4-8H,3H2,(H,13,14). The molecule has 1 aromatic heterocycles. The molecule has 0 aliphatic heterocycles. The van der Waals surface area contributed by atoms with E-state index in [9.17, 15) is 0 Å². The summed E-state index contributed by atoms with van der Waals surface area (Å²) < 4.78 is 0. The van der Waals surface area contributed by atoms with Crippen molar-refractivity contribution in [2.45, 2.75) is 6.42 Å². The van der Waals surface area contributed by atoms with Crippen molar-refractivity contribution < 1.29 is 0 Å². The molecule has 0 amide bonds. The molecule has 2 rings (SSSR count). The molecule has 0 spiro atoms. The highest BCUT2D eigenvalue weighted by molar-refractivity contribution is 6.30. The van der Waals surface area contributed by atoms with Crippen LogP contribution in [0.25, 0.3) is 0 Å². The largest absolute Gasteiger partial charge is 0.351 e. The van der Waals surface area contributed by atoms with Crippen LogP contribution < -0.4 is 0 Å². The summed E-state index contributed by atoms with van der Waals surface area (Å²) in [6.07, 6.45) is 6.49. The van der Waals surface area contributed by atoms with Gasteiger partial charge in [0.2, 0.25) is 0 Å². The lowest BCUT2D eigenvalue weighted by molar-refractivity contribution is 1.12. The molecular weight excluding hydrogens is 196 g/mol.